The van der Waals surface area contributed by atoms with Gasteiger partial charge < -0.3 is 20.2 Å². The van der Waals surface area contributed by atoms with Crippen molar-refractivity contribution in [1.29, 1.82) is 0 Å². The number of piperazine rings is 1. The molecule has 0 saturated carbocycles. The molecule has 10 nitrogen and oxygen atoms in total. The SMILES string of the molecule is C=CCn1c(=O)c2cnc(Nc3ccc(N4CCN(C)CC4)c(C)c3)nc2n1-c1cccc(CC(C)(C)O)n1. The second kappa shape index (κ2) is 10.6. The molecule has 0 amide bonds. The van der Waals surface area contributed by atoms with E-state index in [0.29, 0.717) is 34.9 Å². The minimum atomic E-state index is -0.914. The molecule has 0 bridgehead atoms. The molecule has 1 aromatic carbocycles. The molecule has 4 heterocycles. The molecule has 1 aliphatic heterocycles. The Morgan fingerprint density at radius 1 is 1.13 bits per heavy atom. The molecule has 1 aliphatic rings. The summed E-state index contributed by atoms with van der Waals surface area (Å²) in [7, 11) is 2.15. The van der Waals surface area contributed by atoms with E-state index in [1.807, 2.05) is 24.3 Å². The van der Waals surface area contributed by atoms with Crippen LogP contribution in [0.15, 0.2) is 60.0 Å². The highest BCUT2D eigenvalue weighted by Crippen LogP contribution is 2.26. The monoisotopic (exact) mass is 528 g/mol. The number of pyridine rings is 1. The van der Waals surface area contributed by atoms with Crippen molar-refractivity contribution in [3.63, 3.8) is 0 Å². The molecule has 0 radical (unpaired) electrons. The predicted molar refractivity (Wildman–Crippen MR) is 155 cm³/mol. The first-order chi connectivity index (χ1) is 18.6. The van der Waals surface area contributed by atoms with Crippen molar-refractivity contribution in [3.8, 4) is 5.82 Å². The third kappa shape index (κ3) is 5.71. The van der Waals surface area contributed by atoms with Crippen LogP contribution < -0.4 is 15.8 Å². The number of rotatable bonds is 8. The van der Waals surface area contributed by atoms with Gasteiger partial charge in [-0.1, -0.05) is 12.1 Å². The van der Waals surface area contributed by atoms with E-state index in [4.69, 9.17) is 9.97 Å². The summed E-state index contributed by atoms with van der Waals surface area (Å²) in [6.45, 7) is 13.8. The van der Waals surface area contributed by atoms with Gasteiger partial charge in [0.25, 0.3) is 5.56 Å². The molecular weight excluding hydrogens is 492 g/mol. The predicted octanol–water partition coefficient (Wildman–Crippen LogP) is 3.28. The van der Waals surface area contributed by atoms with E-state index in [2.05, 4.69) is 52.8 Å². The van der Waals surface area contributed by atoms with Crippen LogP contribution >= 0.6 is 0 Å². The van der Waals surface area contributed by atoms with Gasteiger partial charge in [-0.3, -0.25) is 4.79 Å². The maximum Gasteiger partial charge on any atom is 0.278 e. The maximum absolute atomic E-state index is 13.3. The first-order valence-corrected chi connectivity index (χ1v) is 13.2. The molecular formula is C29H36N8O2. The summed E-state index contributed by atoms with van der Waals surface area (Å²) in [6, 6.07) is 11.8. The fourth-order valence-corrected chi connectivity index (χ4v) is 5.00. The molecule has 1 fully saturated rings. The number of nitrogens with zero attached hydrogens (tertiary/aromatic N) is 7. The summed E-state index contributed by atoms with van der Waals surface area (Å²) in [5, 5.41) is 14.0. The topological polar surface area (TPSA) is 104 Å². The Kier molecular flexibility index (Phi) is 7.24. The first kappa shape index (κ1) is 26.6. The number of nitrogens with one attached hydrogen (secondary N) is 1. The van der Waals surface area contributed by atoms with Gasteiger partial charge in [0.2, 0.25) is 5.95 Å². The van der Waals surface area contributed by atoms with Crippen molar-refractivity contribution in [2.75, 3.05) is 43.4 Å². The van der Waals surface area contributed by atoms with Crippen LogP contribution in [0.25, 0.3) is 16.9 Å². The zero-order valence-corrected chi connectivity index (χ0v) is 23.1. The zero-order valence-electron chi connectivity index (χ0n) is 23.1. The second-order valence-corrected chi connectivity index (χ2v) is 10.8. The van der Waals surface area contributed by atoms with Crippen LogP contribution in [-0.4, -0.2) is 73.1 Å². The lowest BCUT2D eigenvalue weighted by atomic mass is 10.0. The molecule has 5 rings (SSSR count). The van der Waals surface area contributed by atoms with E-state index in [0.717, 1.165) is 31.9 Å². The summed E-state index contributed by atoms with van der Waals surface area (Å²) < 4.78 is 3.24. The van der Waals surface area contributed by atoms with Gasteiger partial charge in [0, 0.05) is 55.9 Å². The van der Waals surface area contributed by atoms with Crippen LogP contribution in [0, 0.1) is 6.92 Å². The molecule has 0 atom stereocenters. The van der Waals surface area contributed by atoms with Crippen LogP contribution in [0.5, 0.6) is 0 Å². The summed E-state index contributed by atoms with van der Waals surface area (Å²) in [6.07, 6.45) is 3.58. The summed E-state index contributed by atoms with van der Waals surface area (Å²) in [4.78, 5) is 32.0. The summed E-state index contributed by atoms with van der Waals surface area (Å²) in [5.41, 5.74) is 3.29. The van der Waals surface area contributed by atoms with E-state index in [-0.39, 0.29) is 12.1 Å². The van der Waals surface area contributed by atoms with Gasteiger partial charge in [-0.2, -0.15) is 4.98 Å². The number of aliphatic hydroxyl groups is 1. The lowest BCUT2D eigenvalue weighted by Gasteiger charge is -2.35. The number of anilines is 3. The highest BCUT2D eigenvalue weighted by atomic mass is 16.3. The van der Waals surface area contributed by atoms with Gasteiger partial charge in [0.15, 0.2) is 11.5 Å². The van der Waals surface area contributed by atoms with E-state index in [9.17, 15) is 9.90 Å². The number of likely N-dealkylation sites (N-methyl/N-ethyl adjacent to an activating group) is 1. The lowest BCUT2D eigenvalue weighted by Crippen LogP contribution is -2.44. The highest BCUT2D eigenvalue weighted by molar-refractivity contribution is 5.77. The van der Waals surface area contributed by atoms with Crippen LogP contribution in [-0.2, 0) is 13.0 Å². The molecule has 204 valence electrons. The Hall–Kier alpha value is -4.02. The first-order valence-electron chi connectivity index (χ1n) is 13.2. The molecule has 4 aromatic rings. The summed E-state index contributed by atoms with van der Waals surface area (Å²) >= 11 is 0. The Morgan fingerprint density at radius 3 is 2.59 bits per heavy atom. The minimum Gasteiger partial charge on any atom is -0.390 e. The standard InChI is InChI=1S/C29H36N8O2/c1-6-12-36-27(38)23-19-30-28(32-21-10-11-24(20(2)17-21)35-15-13-34(5)14-16-35)33-26(23)37(36)25-9-7-8-22(31-25)18-29(3,4)39/h6-11,17,19,39H,1,12-16,18H2,2-5H3,(H,30,32,33). The van der Waals surface area contributed by atoms with Crippen molar-refractivity contribution in [2.24, 2.45) is 0 Å². The minimum absolute atomic E-state index is 0.224. The number of hydrogen-bond donors (Lipinski definition) is 2. The molecule has 10 heteroatoms. The van der Waals surface area contributed by atoms with Gasteiger partial charge in [-0.05, 0) is 63.7 Å². The molecule has 0 unspecified atom stereocenters. The quantitative estimate of drug-likeness (QED) is 0.336. The zero-order chi connectivity index (χ0) is 27.7. The van der Waals surface area contributed by atoms with Crippen molar-refractivity contribution < 1.29 is 5.11 Å². The van der Waals surface area contributed by atoms with Crippen molar-refractivity contribution in [2.45, 2.75) is 39.3 Å². The van der Waals surface area contributed by atoms with Crippen LogP contribution in [0.1, 0.15) is 25.1 Å². The van der Waals surface area contributed by atoms with Crippen LogP contribution in [0.2, 0.25) is 0 Å². The fraction of sp³-hybridized carbons (Fsp3) is 0.379. The van der Waals surface area contributed by atoms with Gasteiger partial charge in [-0.15, -0.1) is 6.58 Å². The Balaban J connectivity index is 1.50. The largest absolute Gasteiger partial charge is 0.390 e. The van der Waals surface area contributed by atoms with Crippen molar-refractivity contribution in [3.05, 3.63) is 76.9 Å². The molecule has 39 heavy (non-hydrogen) atoms. The van der Waals surface area contributed by atoms with Gasteiger partial charge >= 0.3 is 0 Å². The Labute approximate surface area is 228 Å². The summed E-state index contributed by atoms with van der Waals surface area (Å²) in [5.74, 6) is 0.911. The number of hydrogen-bond acceptors (Lipinski definition) is 8. The Morgan fingerprint density at radius 2 is 1.90 bits per heavy atom. The normalized spacial score (nSPS) is 14.6. The lowest BCUT2D eigenvalue weighted by molar-refractivity contribution is 0.0799. The van der Waals surface area contributed by atoms with Crippen LogP contribution in [0.3, 0.4) is 0 Å². The van der Waals surface area contributed by atoms with Gasteiger partial charge in [0.05, 0.1) is 12.1 Å². The fourth-order valence-electron chi connectivity index (χ4n) is 5.00. The average Bonchev–Trinajstić information content (AvgIpc) is 3.15. The van der Waals surface area contributed by atoms with Gasteiger partial charge in [-0.25, -0.2) is 19.3 Å². The number of fused-ring (bicyclic) bond motifs is 1. The van der Waals surface area contributed by atoms with E-state index < -0.39 is 5.60 Å². The van der Waals surface area contributed by atoms with Gasteiger partial charge in [0.1, 0.15) is 5.39 Å². The third-order valence-electron chi connectivity index (χ3n) is 6.90. The molecule has 1 saturated heterocycles. The van der Waals surface area contributed by atoms with Crippen molar-refractivity contribution >= 4 is 28.4 Å². The average molecular weight is 529 g/mol. The van der Waals surface area contributed by atoms with Crippen molar-refractivity contribution in [1.82, 2.24) is 29.2 Å². The maximum atomic E-state index is 13.3. The molecule has 3 aromatic heterocycles. The smallest absolute Gasteiger partial charge is 0.278 e. The number of benzene rings is 1. The molecule has 0 aliphatic carbocycles. The number of allylic oxidation sites excluding steroid dienone is 1. The Bertz CT molecular complexity index is 1560. The molecule has 0 spiro atoms. The molecule has 2 N–H and O–H groups in total. The third-order valence-corrected chi connectivity index (χ3v) is 6.90. The highest BCUT2D eigenvalue weighted by Gasteiger charge is 2.20. The number of aryl methyl sites for hydroxylation is 1. The van der Waals surface area contributed by atoms with E-state index in [1.165, 1.54) is 11.3 Å². The van der Waals surface area contributed by atoms with Crippen LogP contribution in [0.4, 0.5) is 17.3 Å². The van der Waals surface area contributed by atoms with E-state index in [1.54, 1.807) is 35.5 Å². The second-order valence-electron chi connectivity index (χ2n) is 10.8. The van der Waals surface area contributed by atoms with E-state index >= 15 is 0 Å². The number of aromatic nitrogens is 5.